The van der Waals surface area contributed by atoms with Crippen LogP contribution in [0.4, 0.5) is 4.79 Å². The minimum Gasteiger partial charge on any atom is -0.489 e. The second-order valence-electron chi connectivity index (χ2n) is 7.62. The van der Waals surface area contributed by atoms with Crippen molar-refractivity contribution in [1.29, 1.82) is 0 Å². The first kappa shape index (κ1) is 23.9. The average molecular weight is 549 g/mol. The van der Waals surface area contributed by atoms with Crippen LogP contribution in [0, 0.1) is 0 Å². The van der Waals surface area contributed by atoms with Gasteiger partial charge in [-0.1, -0.05) is 53.0 Å². The molecule has 35 heavy (non-hydrogen) atoms. The Bertz CT molecular complexity index is 1340. The third-order valence-corrected chi connectivity index (χ3v) is 7.33. The Hall–Kier alpha value is -2.84. The van der Waals surface area contributed by atoms with Crippen LogP contribution in [0.15, 0.2) is 59.5 Å². The Morgan fingerprint density at radius 2 is 1.63 bits per heavy atom. The van der Waals surface area contributed by atoms with Gasteiger partial charge < -0.3 is 14.2 Å². The van der Waals surface area contributed by atoms with Crippen LogP contribution in [0.25, 0.3) is 6.08 Å². The van der Waals surface area contributed by atoms with E-state index < -0.39 is 0 Å². The van der Waals surface area contributed by atoms with Gasteiger partial charge >= 0.3 is 0 Å². The van der Waals surface area contributed by atoms with Gasteiger partial charge in [0.1, 0.15) is 12.4 Å². The van der Waals surface area contributed by atoms with Crippen LogP contribution < -0.4 is 14.2 Å². The van der Waals surface area contributed by atoms with Gasteiger partial charge in [0.05, 0.1) is 11.4 Å². The molecule has 3 aromatic rings. The molecule has 0 radical (unpaired) electrons. The minimum atomic E-state index is -0.387. The molecule has 6 nitrogen and oxygen atoms in total. The second-order valence-corrected chi connectivity index (χ2v) is 9.84. The molecule has 2 heterocycles. The lowest BCUT2D eigenvalue weighted by Gasteiger charge is -2.14. The molecule has 0 bridgehead atoms. The van der Waals surface area contributed by atoms with E-state index >= 15 is 0 Å². The highest BCUT2D eigenvalue weighted by Gasteiger charge is 2.35. The molecule has 0 saturated carbocycles. The predicted molar refractivity (Wildman–Crippen MR) is 136 cm³/mol. The lowest BCUT2D eigenvalue weighted by atomic mass is 10.1. The normalized spacial score (nSPS) is 15.9. The Morgan fingerprint density at radius 1 is 0.943 bits per heavy atom. The van der Waals surface area contributed by atoms with Crippen LogP contribution in [0.5, 0.6) is 17.2 Å². The van der Waals surface area contributed by atoms with Crippen LogP contribution in [0.3, 0.4) is 0 Å². The van der Waals surface area contributed by atoms with Crippen LogP contribution >= 0.6 is 46.6 Å². The molecule has 1 fully saturated rings. The zero-order chi connectivity index (χ0) is 24.5. The number of rotatable bonds is 6. The summed E-state index contributed by atoms with van der Waals surface area (Å²) in [6.45, 7) is 0.366. The fourth-order valence-corrected chi connectivity index (χ4v) is 5.08. The number of thioether (sulfide) groups is 1. The highest BCUT2D eigenvalue weighted by molar-refractivity contribution is 8.18. The third kappa shape index (κ3) is 5.09. The first-order valence-corrected chi connectivity index (χ1v) is 12.3. The van der Waals surface area contributed by atoms with Crippen molar-refractivity contribution in [2.75, 3.05) is 6.79 Å². The van der Waals surface area contributed by atoms with Gasteiger partial charge in [-0.05, 0) is 59.3 Å². The van der Waals surface area contributed by atoms with Crippen molar-refractivity contribution in [3.63, 3.8) is 0 Å². The van der Waals surface area contributed by atoms with E-state index in [1.807, 2.05) is 0 Å². The average Bonchev–Trinajstić information content (AvgIpc) is 3.39. The fraction of sp³-hybridized carbons (Fsp3) is 0.120. The van der Waals surface area contributed by atoms with E-state index in [0.29, 0.717) is 48.3 Å². The van der Waals surface area contributed by atoms with Gasteiger partial charge in [0.25, 0.3) is 11.1 Å². The maximum absolute atomic E-state index is 12.9. The fourth-order valence-electron chi connectivity index (χ4n) is 3.52. The lowest BCUT2D eigenvalue weighted by molar-refractivity contribution is -0.123. The molecular formula is C25H16Cl3NO5S. The van der Waals surface area contributed by atoms with Crippen molar-refractivity contribution >= 4 is 63.8 Å². The van der Waals surface area contributed by atoms with Crippen molar-refractivity contribution in [1.82, 2.24) is 4.90 Å². The number of hydrogen-bond acceptors (Lipinski definition) is 6. The van der Waals surface area contributed by atoms with Gasteiger partial charge in [-0.3, -0.25) is 14.5 Å². The Morgan fingerprint density at radius 3 is 2.34 bits per heavy atom. The summed E-state index contributed by atoms with van der Waals surface area (Å²) in [6.07, 6.45) is 1.67. The molecule has 1 saturated heterocycles. The number of fused-ring (bicyclic) bond motifs is 1. The van der Waals surface area contributed by atoms with Crippen LogP contribution in [0.1, 0.15) is 16.7 Å². The number of nitrogens with zero attached hydrogens (tertiary/aromatic N) is 1. The molecule has 0 unspecified atom stereocenters. The second kappa shape index (κ2) is 10.0. The van der Waals surface area contributed by atoms with Crippen molar-refractivity contribution in [2.24, 2.45) is 0 Å². The molecule has 0 aromatic heterocycles. The van der Waals surface area contributed by atoms with E-state index in [9.17, 15) is 9.59 Å². The molecule has 0 N–H and O–H groups in total. The Kier molecular flexibility index (Phi) is 6.84. The number of ether oxygens (including phenoxy) is 3. The van der Waals surface area contributed by atoms with Crippen molar-refractivity contribution in [2.45, 2.75) is 13.2 Å². The number of hydrogen-bond donors (Lipinski definition) is 0. The molecule has 10 heteroatoms. The van der Waals surface area contributed by atoms with E-state index in [1.54, 1.807) is 60.7 Å². The van der Waals surface area contributed by atoms with E-state index in [0.717, 1.165) is 22.2 Å². The molecule has 2 amide bonds. The number of halogens is 3. The summed E-state index contributed by atoms with van der Waals surface area (Å²) < 4.78 is 16.5. The Balaban J connectivity index is 1.26. The van der Waals surface area contributed by atoms with Gasteiger partial charge in [0, 0.05) is 26.7 Å². The highest BCUT2D eigenvalue weighted by atomic mass is 35.5. The zero-order valence-corrected chi connectivity index (χ0v) is 21.0. The highest BCUT2D eigenvalue weighted by Crippen LogP contribution is 2.39. The molecule has 2 aliphatic heterocycles. The maximum atomic E-state index is 12.9. The smallest absolute Gasteiger partial charge is 0.293 e. The quantitative estimate of drug-likeness (QED) is 0.304. The molecule has 0 atom stereocenters. The first-order chi connectivity index (χ1) is 16.9. The van der Waals surface area contributed by atoms with Crippen molar-refractivity contribution in [3.8, 4) is 17.2 Å². The molecule has 3 aromatic carbocycles. The molecular weight excluding hydrogens is 533 g/mol. The summed E-state index contributed by atoms with van der Waals surface area (Å²) in [4.78, 5) is 27.0. The lowest BCUT2D eigenvalue weighted by Crippen LogP contribution is -2.27. The van der Waals surface area contributed by atoms with Crippen LogP contribution in [-0.4, -0.2) is 22.8 Å². The molecule has 0 spiro atoms. The topological polar surface area (TPSA) is 65.1 Å². The van der Waals surface area contributed by atoms with Gasteiger partial charge in [-0.25, -0.2) is 0 Å². The van der Waals surface area contributed by atoms with Gasteiger partial charge in [0.2, 0.25) is 6.79 Å². The number of carbonyl (C=O) groups is 2. The third-order valence-electron chi connectivity index (χ3n) is 5.37. The zero-order valence-electron chi connectivity index (χ0n) is 17.9. The Labute approximate surface area is 220 Å². The number of amides is 2. The van der Waals surface area contributed by atoms with Gasteiger partial charge in [-0.2, -0.15) is 0 Å². The van der Waals surface area contributed by atoms with E-state index in [4.69, 9.17) is 49.0 Å². The molecule has 2 aliphatic rings. The minimum absolute atomic E-state index is 0.0366. The van der Waals surface area contributed by atoms with E-state index in [1.165, 1.54) is 0 Å². The number of benzene rings is 3. The summed E-state index contributed by atoms with van der Waals surface area (Å²) >= 11 is 19.6. The molecule has 178 valence electrons. The SMILES string of the molecule is O=C1S/C(=C\c2ccc(OCc3c(Cl)cccc3Cl)cc2)C(=O)N1Cc1cc2c(cc1Cl)OCO2. The number of carbonyl (C=O) groups excluding carboxylic acids is 2. The van der Waals surface area contributed by atoms with Gasteiger partial charge in [0.15, 0.2) is 11.5 Å². The molecule has 5 rings (SSSR count). The summed E-state index contributed by atoms with van der Waals surface area (Å²) in [5.74, 6) is 1.30. The predicted octanol–water partition coefficient (Wildman–Crippen LogP) is 7.19. The molecule has 0 aliphatic carbocycles. The van der Waals surface area contributed by atoms with Crippen molar-refractivity contribution < 1.29 is 23.8 Å². The van der Waals surface area contributed by atoms with Crippen molar-refractivity contribution in [3.05, 3.63) is 91.3 Å². The summed E-state index contributed by atoms with van der Waals surface area (Å²) in [5.41, 5.74) is 2.05. The van der Waals surface area contributed by atoms with Crippen LogP contribution in [0.2, 0.25) is 15.1 Å². The summed E-state index contributed by atoms with van der Waals surface area (Å²) in [5, 5.41) is 1.09. The van der Waals surface area contributed by atoms with E-state index in [2.05, 4.69) is 0 Å². The number of imide groups is 1. The van der Waals surface area contributed by atoms with Crippen LogP contribution in [-0.2, 0) is 17.9 Å². The van der Waals surface area contributed by atoms with Gasteiger partial charge in [-0.15, -0.1) is 0 Å². The summed E-state index contributed by atoms with van der Waals surface area (Å²) in [6, 6.07) is 15.7. The first-order valence-electron chi connectivity index (χ1n) is 10.4. The van der Waals surface area contributed by atoms with E-state index in [-0.39, 0.29) is 31.1 Å². The standard InChI is InChI=1S/C25H16Cl3NO5S/c26-18-2-1-3-19(27)17(18)12-32-16-6-4-14(5-7-16)8-23-24(30)29(25(31)35-23)11-15-9-21-22(10-20(15)28)34-13-33-21/h1-10H,11-13H2/b23-8-. The maximum Gasteiger partial charge on any atom is 0.293 e. The summed E-state index contributed by atoms with van der Waals surface area (Å²) in [7, 11) is 0. The monoisotopic (exact) mass is 547 g/mol. The largest absolute Gasteiger partial charge is 0.489 e.